The van der Waals surface area contributed by atoms with Crippen LogP contribution >= 0.6 is 0 Å². The van der Waals surface area contributed by atoms with Gasteiger partial charge in [0.15, 0.2) is 0 Å². The van der Waals surface area contributed by atoms with Crippen LogP contribution in [0.4, 0.5) is 0 Å². The Labute approximate surface area is 97.6 Å². The summed E-state index contributed by atoms with van der Waals surface area (Å²) < 4.78 is 0. The van der Waals surface area contributed by atoms with Gasteiger partial charge in [-0.3, -0.25) is 4.79 Å². The van der Waals surface area contributed by atoms with Gasteiger partial charge in [-0.2, -0.15) is 0 Å². The number of carbonyl (C=O) groups is 1. The molecular formula is C15H20O. The highest BCUT2D eigenvalue weighted by Crippen LogP contribution is 2.78. The van der Waals surface area contributed by atoms with Crippen molar-refractivity contribution in [3.63, 3.8) is 0 Å². The SMILES string of the molecule is CC1=C2CCC(C=O)=CC23C(CC1)C3(C)C. The van der Waals surface area contributed by atoms with E-state index in [4.69, 9.17) is 0 Å². The van der Waals surface area contributed by atoms with Crippen molar-refractivity contribution in [3.05, 3.63) is 22.8 Å². The largest absolute Gasteiger partial charge is 0.298 e. The predicted octanol–water partition coefficient (Wildman–Crippen LogP) is 3.66. The molecule has 0 aliphatic heterocycles. The van der Waals surface area contributed by atoms with Crippen molar-refractivity contribution in [1.82, 2.24) is 0 Å². The maximum atomic E-state index is 11.0. The number of rotatable bonds is 1. The number of aldehydes is 1. The molecule has 3 aliphatic rings. The minimum Gasteiger partial charge on any atom is -0.298 e. The summed E-state index contributed by atoms with van der Waals surface area (Å²) in [7, 11) is 0. The van der Waals surface area contributed by atoms with E-state index in [0.717, 1.165) is 30.6 Å². The molecule has 2 atom stereocenters. The number of carbonyl (C=O) groups excluding carboxylic acids is 1. The number of hydrogen-bond donors (Lipinski definition) is 0. The third kappa shape index (κ3) is 0.952. The van der Waals surface area contributed by atoms with E-state index >= 15 is 0 Å². The second-order valence-corrected chi connectivity index (χ2v) is 6.28. The van der Waals surface area contributed by atoms with Gasteiger partial charge in [-0.05, 0) is 49.5 Å². The second kappa shape index (κ2) is 2.88. The highest BCUT2D eigenvalue weighted by Gasteiger charge is 2.72. The van der Waals surface area contributed by atoms with Gasteiger partial charge in [-0.15, -0.1) is 0 Å². The van der Waals surface area contributed by atoms with Gasteiger partial charge in [0.1, 0.15) is 6.29 Å². The fourth-order valence-electron chi connectivity index (χ4n) is 4.48. The zero-order valence-corrected chi connectivity index (χ0v) is 10.5. The van der Waals surface area contributed by atoms with Crippen LogP contribution in [0.3, 0.4) is 0 Å². The summed E-state index contributed by atoms with van der Waals surface area (Å²) in [6.07, 6.45) is 8.05. The fraction of sp³-hybridized carbons (Fsp3) is 0.667. The molecule has 1 saturated carbocycles. The van der Waals surface area contributed by atoms with Gasteiger partial charge in [0.2, 0.25) is 0 Å². The quantitative estimate of drug-likeness (QED) is 0.483. The summed E-state index contributed by atoms with van der Waals surface area (Å²) in [6.45, 7) is 7.04. The average molecular weight is 216 g/mol. The van der Waals surface area contributed by atoms with E-state index in [1.165, 1.54) is 12.8 Å². The lowest BCUT2D eigenvalue weighted by Gasteiger charge is -2.31. The molecule has 0 heterocycles. The van der Waals surface area contributed by atoms with Gasteiger partial charge in [-0.1, -0.05) is 31.1 Å². The average Bonchev–Trinajstić information content (AvgIpc) is 2.73. The minimum absolute atomic E-state index is 0.268. The van der Waals surface area contributed by atoms with Gasteiger partial charge in [-0.25, -0.2) is 0 Å². The second-order valence-electron chi connectivity index (χ2n) is 6.28. The third-order valence-electron chi connectivity index (χ3n) is 5.45. The Morgan fingerprint density at radius 2 is 2.06 bits per heavy atom. The van der Waals surface area contributed by atoms with E-state index in [-0.39, 0.29) is 5.41 Å². The number of allylic oxidation sites excluding steroid dienone is 4. The molecule has 86 valence electrons. The van der Waals surface area contributed by atoms with Crippen LogP contribution in [0.5, 0.6) is 0 Å². The third-order valence-corrected chi connectivity index (χ3v) is 5.45. The lowest BCUT2D eigenvalue weighted by molar-refractivity contribution is -0.105. The fourth-order valence-corrected chi connectivity index (χ4v) is 4.48. The van der Waals surface area contributed by atoms with Gasteiger partial charge >= 0.3 is 0 Å². The van der Waals surface area contributed by atoms with Crippen molar-refractivity contribution in [3.8, 4) is 0 Å². The summed E-state index contributed by atoms with van der Waals surface area (Å²) in [5, 5.41) is 0. The Morgan fingerprint density at radius 3 is 2.75 bits per heavy atom. The topological polar surface area (TPSA) is 17.1 Å². The van der Waals surface area contributed by atoms with E-state index in [9.17, 15) is 4.79 Å². The van der Waals surface area contributed by atoms with E-state index < -0.39 is 0 Å². The maximum absolute atomic E-state index is 11.0. The van der Waals surface area contributed by atoms with Crippen LogP contribution in [0, 0.1) is 16.7 Å². The predicted molar refractivity (Wildman–Crippen MR) is 65.0 cm³/mol. The summed E-state index contributed by atoms with van der Waals surface area (Å²) in [4.78, 5) is 11.0. The molecule has 1 heteroatoms. The Hall–Kier alpha value is -0.850. The van der Waals surface area contributed by atoms with Crippen LogP contribution in [0.25, 0.3) is 0 Å². The smallest absolute Gasteiger partial charge is 0.145 e. The van der Waals surface area contributed by atoms with Crippen molar-refractivity contribution in [2.45, 2.75) is 46.5 Å². The minimum atomic E-state index is 0.268. The maximum Gasteiger partial charge on any atom is 0.145 e. The van der Waals surface area contributed by atoms with E-state index in [1.54, 1.807) is 11.1 Å². The van der Waals surface area contributed by atoms with Gasteiger partial charge in [0.05, 0.1) is 0 Å². The molecule has 1 spiro atoms. The molecule has 0 aromatic heterocycles. The van der Waals surface area contributed by atoms with Crippen LogP contribution in [-0.4, -0.2) is 6.29 Å². The van der Waals surface area contributed by atoms with Crippen molar-refractivity contribution in [1.29, 1.82) is 0 Å². The van der Waals surface area contributed by atoms with E-state index in [1.807, 2.05) is 0 Å². The first-order valence-corrected chi connectivity index (χ1v) is 6.40. The van der Waals surface area contributed by atoms with Gasteiger partial charge in [0.25, 0.3) is 0 Å². The van der Waals surface area contributed by atoms with Gasteiger partial charge < -0.3 is 0 Å². The first kappa shape index (κ1) is 10.3. The van der Waals surface area contributed by atoms with Crippen molar-refractivity contribution in [2.75, 3.05) is 0 Å². The standard InChI is InChI=1S/C15H20O/c1-10-4-7-13-14(2,3)15(13)8-11(9-16)5-6-12(10)15/h8-9,13H,4-7H2,1-3H3. The zero-order chi connectivity index (χ0) is 11.6. The molecule has 1 fully saturated rings. The lowest BCUT2D eigenvalue weighted by Crippen LogP contribution is -2.19. The molecule has 0 aromatic rings. The lowest BCUT2D eigenvalue weighted by atomic mass is 9.73. The highest BCUT2D eigenvalue weighted by molar-refractivity contribution is 5.75. The summed E-state index contributed by atoms with van der Waals surface area (Å²) in [6, 6.07) is 0. The molecule has 0 aromatic carbocycles. The molecule has 0 amide bonds. The number of hydrogen-bond acceptors (Lipinski definition) is 1. The van der Waals surface area contributed by atoms with Gasteiger partial charge in [0, 0.05) is 5.41 Å². The summed E-state index contributed by atoms with van der Waals surface area (Å²) >= 11 is 0. The molecule has 0 saturated heterocycles. The molecule has 3 aliphatic carbocycles. The first-order valence-electron chi connectivity index (χ1n) is 6.40. The Bertz CT molecular complexity index is 425. The molecule has 0 radical (unpaired) electrons. The highest BCUT2D eigenvalue weighted by atomic mass is 16.1. The van der Waals surface area contributed by atoms with Crippen LogP contribution in [0.2, 0.25) is 0 Å². The monoisotopic (exact) mass is 216 g/mol. The molecule has 2 unspecified atom stereocenters. The van der Waals surface area contributed by atoms with Crippen LogP contribution in [0.1, 0.15) is 46.5 Å². The Morgan fingerprint density at radius 1 is 1.31 bits per heavy atom. The zero-order valence-electron chi connectivity index (χ0n) is 10.5. The normalized spacial score (nSPS) is 39.7. The Balaban J connectivity index is 2.17. The van der Waals surface area contributed by atoms with E-state index in [2.05, 4.69) is 26.8 Å². The molecule has 3 rings (SSSR count). The van der Waals surface area contributed by atoms with Crippen LogP contribution in [0.15, 0.2) is 22.8 Å². The Kier molecular flexibility index (Phi) is 1.86. The van der Waals surface area contributed by atoms with Crippen LogP contribution in [-0.2, 0) is 4.79 Å². The molecule has 0 bridgehead atoms. The molecular weight excluding hydrogens is 196 g/mol. The van der Waals surface area contributed by atoms with E-state index in [0.29, 0.717) is 5.41 Å². The summed E-state index contributed by atoms with van der Waals surface area (Å²) in [5.74, 6) is 0.786. The molecule has 1 nitrogen and oxygen atoms in total. The van der Waals surface area contributed by atoms with Crippen LogP contribution < -0.4 is 0 Å². The summed E-state index contributed by atoms with van der Waals surface area (Å²) in [5.41, 5.74) is 4.95. The van der Waals surface area contributed by atoms with Crippen molar-refractivity contribution >= 4 is 6.29 Å². The van der Waals surface area contributed by atoms with Crippen molar-refractivity contribution < 1.29 is 4.79 Å². The first-order chi connectivity index (χ1) is 7.54. The molecule has 16 heavy (non-hydrogen) atoms. The molecule has 0 N–H and O–H groups in total. The van der Waals surface area contributed by atoms with Crippen molar-refractivity contribution in [2.24, 2.45) is 16.7 Å².